The molecule has 0 amide bonds. The molecule has 0 aliphatic heterocycles. The van der Waals surface area contributed by atoms with Gasteiger partial charge in [-0.15, -0.1) is 0 Å². The average molecular weight is 206 g/mol. The molecule has 2 nitrogen and oxygen atoms in total. The second-order valence-corrected chi connectivity index (χ2v) is 4.06. The Labute approximate surface area is 91.3 Å². The number of methoxy groups -OCH3 is 1. The molecule has 0 aliphatic rings. The Hall–Kier alpha value is -1.31. The molecule has 0 heterocycles. The molecule has 0 fully saturated rings. The first-order valence-electron chi connectivity index (χ1n) is 5.13. The van der Waals surface area contributed by atoms with Crippen molar-refractivity contribution < 1.29 is 9.53 Å². The molecule has 0 radical (unpaired) electrons. The first-order chi connectivity index (χ1) is 6.97. The number of esters is 1. The lowest BCUT2D eigenvalue weighted by Crippen LogP contribution is -2.13. The molecule has 1 aromatic rings. The molecule has 0 aromatic heterocycles. The maximum absolute atomic E-state index is 11.5. The minimum atomic E-state index is -0.185. The molecular weight excluding hydrogens is 188 g/mol. The average Bonchev–Trinajstić information content (AvgIpc) is 2.14. The molecule has 0 saturated carbocycles. The van der Waals surface area contributed by atoms with Crippen LogP contribution in [-0.2, 0) is 9.53 Å². The van der Waals surface area contributed by atoms with Crippen LogP contribution in [0.3, 0.4) is 0 Å². The summed E-state index contributed by atoms with van der Waals surface area (Å²) in [5, 5.41) is 0. The van der Waals surface area contributed by atoms with Crippen LogP contribution in [0.15, 0.2) is 12.1 Å². The first kappa shape index (κ1) is 11.8. The summed E-state index contributed by atoms with van der Waals surface area (Å²) in [6.45, 7) is 8.02. The Morgan fingerprint density at radius 1 is 1.20 bits per heavy atom. The molecule has 0 unspecified atom stereocenters. The summed E-state index contributed by atoms with van der Waals surface area (Å²) in [6, 6.07) is 4.20. The third kappa shape index (κ3) is 2.38. The largest absolute Gasteiger partial charge is 0.469 e. The van der Waals surface area contributed by atoms with Gasteiger partial charge in [0.25, 0.3) is 0 Å². The first-order valence-corrected chi connectivity index (χ1v) is 5.13. The predicted molar refractivity (Wildman–Crippen MR) is 61.1 cm³/mol. The lowest BCUT2D eigenvalue weighted by atomic mass is 9.90. The van der Waals surface area contributed by atoms with E-state index in [1.807, 2.05) is 20.8 Å². The van der Waals surface area contributed by atoms with Crippen LogP contribution in [0.5, 0.6) is 0 Å². The summed E-state index contributed by atoms with van der Waals surface area (Å²) < 4.78 is 4.77. The quantitative estimate of drug-likeness (QED) is 0.695. The van der Waals surface area contributed by atoms with Crippen LogP contribution in [-0.4, -0.2) is 13.1 Å². The third-order valence-electron chi connectivity index (χ3n) is 2.73. The molecule has 0 N–H and O–H groups in total. The van der Waals surface area contributed by atoms with E-state index in [1.165, 1.54) is 12.7 Å². The molecule has 0 saturated heterocycles. The molecule has 0 spiro atoms. The van der Waals surface area contributed by atoms with Crippen LogP contribution in [0.2, 0.25) is 0 Å². The van der Waals surface area contributed by atoms with Gasteiger partial charge in [0.15, 0.2) is 0 Å². The fraction of sp³-hybridized carbons (Fsp3) is 0.462. The fourth-order valence-electron chi connectivity index (χ4n) is 2.17. The van der Waals surface area contributed by atoms with Gasteiger partial charge in [0.2, 0.25) is 0 Å². The van der Waals surface area contributed by atoms with Gasteiger partial charge in [0.1, 0.15) is 0 Å². The van der Waals surface area contributed by atoms with Gasteiger partial charge in [-0.05, 0) is 44.4 Å². The van der Waals surface area contributed by atoms with Gasteiger partial charge in [-0.2, -0.15) is 0 Å². The van der Waals surface area contributed by atoms with E-state index in [9.17, 15) is 4.79 Å². The van der Waals surface area contributed by atoms with Crippen molar-refractivity contribution in [2.75, 3.05) is 7.11 Å². The van der Waals surface area contributed by atoms with Crippen LogP contribution < -0.4 is 0 Å². The van der Waals surface area contributed by atoms with E-state index in [-0.39, 0.29) is 11.9 Å². The number of carbonyl (C=O) groups excluding carboxylic acids is 1. The Morgan fingerprint density at radius 2 is 1.67 bits per heavy atom. The van der Waals surface area contributed by atoms with Crippen LogP contribution >= 0.6 is 0 Å². The zero-order chi connectivity index (χ0) is 11.6. The molecule has 1 atom stereocenters. The van der Waals surface area contributed by atoms with E-state index >= 15 is 0 Å². The van der Waals surface area contributed by atoms with Crippen molar-refractivity contribution in [3.05, 3.63) is 34.4 Å². The normalized spacial score (nSPS) is 12.3. The highest BCUT2D eigenvalue weighted by molar-refractivity contribution is 5.78. The second-order valence-electron chi connectivity index (χ2n) is 4.06. The van der Waals surface area contributed by atoms with Crippen molar-refractivity contribution in [1.82, 2.24) is 0 Å². The van der Waals surface area contributed by atoms with E-state index < -0.39 is 0 Å². The highest BCUT2D eigenvalue weighted by Crippen LogP contribution is 2.25. The van der Waals surface area contributed by atoms with Crippen molar-refractivity contribution in [2.24, 2.45) is 0 Å². The third-order valence-corrected chi connectivity index (χ3v) is 2.73. The molecule has 1 rings (SSSR count). The Kier molecular flexibility index (Phi) is 3.51. The minimum absolute atomic E-state index is 0.176. The SMILES string of the molecule is COC(=O)[C@@H](C)c1c(C)cc(C)cc1C. The molecule has 0 aliphatic carbocycles. The van der Waals surface area contributed by atoms with Crippen molar-refractivity contribution >= 4 is 5.97 Å². The fourth-order valence-corrected chi connectivity index (χ4v) is 2.17. The lowest BCUT2D eigenvalue weighted by Gasteiger charge is -2.16. The number of rotatable bonds is 2. The van der Waals surface area contributed by atoms with Crippen LogP contribution in [0.4, 0.5) is 0 Å². The van der Waals surface area contributed by atoms with E-state index in [2.05, 4.69) is 19.1 Å². The van der Waals surface area contributed by atoms with Crippen molar-refractivity contribution in [3.8, 4) is 0 Å². The van der Waals surface area contributed by atoms with Gasteiger partial charge in [-0.25, -0.2) is 0 Å². The van der Waals surface area contributed by atoms with E-state index in [0.29, 0.717) is 0 Å². The Bertz CT molecular complexity index is 357. The second kappa shape index (κ2) is 4.47. The number of aryl methyl sites for hydroxylation is 3. The molecule has 1 aromatic carbocycles. The molecule has 2 heteroatoms. The Morgan fingerprint density at radius 3 is 2.07 bits per heavy atom. The standard InChI is InChI=1S/C13H18O2/c1-8-6-9(2)12(10(3)7-8)11(4)13(14)15-5/h6-7,11H,1-5H3/t11-/m0/s1. The van der Waals surface area contributed by atoms with Crippen molar-refractivity contribution in [1.29, 1.82) is 0 Å². The summed E-state index contributed by atoms with van der Waals surface area (Å²) >= 11 is 0. The molecule has 15 heavy (non-hydrogen) atoms. The van der Waals surface area contributed by atoms with Crippen LogP contribution in [0.1, 0.15) is 35.1 Å². The maximum Gasteiger partial charge on any atom is 0.312 e. The van der Waals surface area contributed by atoms with Gasteiger partial charge in [-0.3, -0.25) is 4.79 Å². The number of hydrogen-bond acceptors (Lipinski definition) is 2. The summed E-state index contributed by atoms with van der Waals surface area (Å²) in [5.74, 6) is -0.361. The summed E-state index contributed by atoms with van der Waals surface area (Å²) in [5.41, 5.74) is 4.63. The number of ether oxygens (including phenoxy) is 1. The smallest absolute Gasteiger partial charge is 0.312 e. The zero-order valence-corrected chi connectivity index (χ0v) is 10.0. The lowest BCUT2D eigenvalue weighted by molar-refractivity contribution is -0.142. The van der Waals surface area contributed by atoms with E-state index in [4.69, 9.17) is 4.74 Å². The highest BCUT2D eigenvalue weighted by atomic mass is 16.5. The molecule has 82 valence electrons. The van der Waals surface area contributed by atoms with Gasteiger partial charge in [0.05, 0.1) is 13.0 Å². The Balaban J connectivity index is 3.19. The summed E-state index contributed by atoms with van der Waals surface area (Å²) in [6.07, 6.45) is 0. The van der Waals surface area contributed by atoms with Gasteiger partial charge in [0, 0.05) is 0 Å². The monoisotopic (exact) mass is 206 g/mol. The number of benzene rings is 1. The summed E-state index contributed by atoms with van der Waals surface area (Å²) in [4.78, 5) is 11.5. The van der Waals surface area contributed by atoms with Gasteiger partial charge < -0.3 is 4.74 Å². The maximum atomic E-state index is 11.5. The molecular formula is C13H18O2. The number of carbonyl (C=O) groups is 1. The topological polar surface area (TPSA) is 26.3 Å². The summed E-state index contributed by atoms with van der Waals surface area (Å²) in [7, 11) is 1.43. The molecule has 0 bridgehead atoms. The van der Waals surface area contributed by atoms with Crippen LogP contribution in [0, 0.1) is 20.8 Å². The van der Waals surface area contributed by atoms with Crippen molar-refractivity contribution in [2.45, 2.75) is 33.6 Å². The van der Waals surface area contributed by atoms with E-state index in [0.717, 1.165) is 16.7 Å². The van der Waals surface area contributed by atoms with Crippen molar-refractivity contribution in [3.63, 3.8) is 0 Å². The minimum Gasteiger partial charge on any atom is -0.469 e. The van der Waals surface area contributed by atoms with Crippen LogP contribution in [0.25, 0.3) is 0 Å². The van der Waals surface area contributed by atoms with E-state index in [1.54, 1.807) is 0 Å². The zero-order valence-electron chi connectivity index (χ0n) is 10.0. The van der Waals surface area contributed by atoms with Gasteiger partial charge >= 0.3 is 5.97 Å². The highest BCUT2D eigenvalue weighted by Gasteiger charge is 2.19. The predicted octanol–water partition coefficient (Wildman–Crippen LogP) is 2.89. The van der Waals surface area contributed by atoms with Gasteiger partial charge in [-0.1, -0.05) is 17.7 Å². The number of hydrogen-bond donors (Lipinski definition) is 0.